The fourth-order valence-electron chi connectivity index (χ4n) is 2.14. The van der Waals surface area contributed by atoms with Crippen molar-refractivity contribution in [3.05, 3.63) is 23.5 Å². The van der Waals surface area contributed by atoms with E-state index in [1.807, 2.05) is 5.32 Å². The highest BCUT2D eigenvalue weighted by molar-refractivity contribution is 6.00. The molecule has 6 nitrogen and oxygen atoms in total. The van der Waals surface area contributed by atoms with Crippen molar-refractivity contribution in [3.8, 4) is 0 Å². The summed E-state index contributed by atoms with van der Waals surface area (Å²) in [5.41, 5.74) is 0.991. The normalized spacial score (nSPS) is 16.4. The predicted molar refractivity (Wildman–Crippen MR) is 77.4 cm³/mol. The number of hydrogen-bond donors (Lipinski definition) is 2. The van der Waals surface area contributed by atoms with E-state index < -0.39 is 18.1 Å². The highest BCUT2D eigenvalue weighted by Gasteiger charge is 2.37. The smallest absolute Gasteiger partial charge is 0.367 e. The lowest BCUT2D eigenvalue weighted by Crippen LogP contribution is -2.43. The summed E-state index contributed by atoms with van der Waals surface area (Å²) >= 11 is 0. The zero-order chi connectivity index (χ0) is 16.8. The maximum atomic E-state index is 12.6. The van der Waals surface area contributed by atoms with E-state index >= 15 is 0 Å². The van der Waals surface area contributed by atoms with Crippen LogP contribution in [0.3, 0.4) is 0 Å². The molecule has 2 N–H and O–H groups in total. The second kappa shape index (κ2) is 5.39. The Morgan fingerprint density at radius 2 is 2.13 bits per heavy atom. The van der Waals surface area contributed by atoms with Gasteiger partial charge >= 0.3 is 6.18 Å². The molecule has 2 aromatic heterocycles. The maximum absolute atomic E-state index is 12.6. The molecule has 1 unspecified atom stereocenters. The van der Waals surface area contributed by atoms with Crippen LogP contribution in [0.15, 0.2) is 12.3 Å². The second-order valence-electron chi connectivity index (χ2n) is 5.73. The van der Waals surface area contributed by atoms with Crippen molar-refractivity contribution in [2.75, 3.05) is 5.32 Å². The average Bonchev–Trinajstić information content (AvgIpc) is 3.14. The molecule has 1 saturated carbocycles. The molecule has 1 aliphatic carbocycles. The quantitative estimate of drug-likeness (QED) is 0.904. The monoisotopic (exact) mass is 327 g/mol. The Morgan fingerprint density at radius 1 is 1.43 bits per heavy atom. The summed E-state index contributed by atoms with van der Waals surface area (Å²) in [4.78, 5) is 16.4. The number of rotatable bonds is 4. The number of nitrogens with zero attached hydrogens (tertiary/aromatic N) is 3. The Morgan fingerprint density at radius 3 is 2.74 bits per heavy atom. The molecule has 23 heavy (non-hydrogen) atoms. The number of aromatic nitrogens is 3. The van der Waals surface area contributed by atoms with Crippen LogP contribution in [0.4, 0.5) is 19.0 Å². The van der Waals surface area contributed by atoms with Crippen LogP contribution in [0.2, 0.25) is 0 Å². The third kappa shape index (κ3) is 3.22. The summed E-state index contributed by atoms with van der Waals surface area (Å²) in [5.74, 6) is -0.254. The Bertz CT molecular complexity index is 751. The Hall–Kier alpha value is -2.32. The molecule has 0 saturated heterocycles. The zero-order valence-corrected chi connectivity index (χ0v) is 12.6. The molecule has 0 radical (unpaired) electrons. The first-order chi connectivity index (χ1) is 10.8. The number of anilines is 1. The molecule has 1 fully saturated rings. The molecule has 3 rings (SSSR count). The van der Waals surface area contributed by atoms with Crippen molar-refractivity contribution in [1.29, 1.82) is 0 Å². The molecule has 9 heteroatoms. The van der Waals surface area contributed by atoms with Crippen molar-refractivity contribution in [1.82, 2.24) is 19.9 Å². The van der Waals surface area contributed by atoms with E-state index in [2.05, 4.69) is 15.4 Å². The lowest BCUT2D eigenvalue weighted by atomic mass is 10.2. The van der Waals surface area contributed by atoms with E-state index in [0.717, 1.165) is 25.5 Å². The number of halogens is 3. The van der Waals surface area contributed by atoms with Gasteiger partial charge in [-0.05, 0) is 26.7 Å². The summed E-state index contributed by atoms with van der Waals surface area (Å²) < 4.78 is 39.2. The standard InChI is InChI=1S/C14H16F3N5O/c1-7-5-11(20-9-3-4-9)21-12-10(6-18-22(7)12)13(23)19-8(2)14(15,16)17/h5-6,8-9H,3-4H2,1-2H3,(H,19,23)(H,20,21). The molecule has 0 spiro atoms. The van der Waals surface area contributed by atoms with Crippen molar-refractivity contribution in [2.45, 2.75) is 44.9 Å². The lowest BCUT2D eigenvalue weighted by Gasteiger charge is -2.16. The van der Waals surface area contributed by atoms with Gasteiger partial charge in [0.1, 0.15) is 17.4 Å². The number of nitrogens with one attached hydrogen (secondary N) is 2. The van der Waals surface area contributed by atoms with E-state index in [4.69, 9.17) is 0 Å². The van der Waals surface area contributed by atoms with Gasteiger partial charge < -0.3 is 10.6 Å². The molecule has 124 valence electrons. The van der Waals surface area contributed by atoms with Gasteiger partial charge in [0.2, 0.25) is 0 Å². The molecule has 1 atom stereocenters. The van der Waals surface area contributed by atoms with Gasteiger partial charge in [0.05, 0.1) is 6.20 Å². The Kier molecular flexibility index (Phi) is 3.65. The first kappa shape index (κ1) is 15.6. The zero-order valence-electron chi connectivity index (χ0n) is 12.6. The van der Waals surface area contributed by atoms with Crippen LogP contribution in [0.25, 0.3) is 5.65 Å². The van der Waals surface area contributed by atoms with Crippen LogP contribution in [0.5, 0.6) is 0 Å². The second-order valence-corrected chi connectivity index (χ2v) is 5.73. The van der Waals surface area contributed by atoms with Crippen LogP contribution in [0, 0.1) is 6.92 Å². The lowest BCUT2D eigenvalue weighted by molar-refractivity contribution is -0.149. The van der Waals surface area contributed by atoms with Gasteiger partial charge in [0.25, 0.3) is 5.91 Å². The van der Waals surface area contributed by atoms with Crippen LogP contribution >= 0.6 is 0 Å². The fourth-order valence-corrected chi connectivity index (χ4v) is 2.14. The van der Waals surface area contributed by atoms with Crippen molar-refractivity contribution in [2.24, 2.45) is 0 Å². The first-order valence-corrected chi connectivity index (χ1v) is 7.25. The van der Waals surface area contributed by atoms with E-state index in [1.165, 1.54) is 10.7 Å². The third-order valence-electron chi connectivity index (χ3n) is 3.66. The van der Waals surface area contributed by atoms with Crippen LogP contribution < -0.4 is 10.6 Å². The number of amides is 1. The molecule has 2 heterocycles. The number of alkyl halides is 3. The SMILES string of the molecule is Cc1cc(NC2CC2)nc2c(C(=O)NC(C)C(F)(F)F)cnn12. The van der Waals surface area contributed by atoms with E-state index in [1.54, 1.807) is 13.0 Å². The van der Waals surface area contributed by atoms with E-state index in [9.17, 15) is 18.0 Å². The van der Waals surface area contributed by atoms with Crippen LogP contribution in [-0.2, 0) is 0 Å². The Labute approximate surface area is 130 Å². The van der Waals surface area contributed by atoms with Crippen molar-refractivity contribution < 1.29 is 18.0 Å². The van der Waals surface area contributed by atoms with Gasteiger partial charge in [-0.15, -0.1) is 0 Å². The Balaban J connectivity index is 1.90. The summed E-state index contributed by atoms with van der Waals surface area (Å²) in [5, 5.41) is 9.16. The molecule has 1 amide bonds. The molecular formula is C14H16F3N5O. The minimum absolute atomic E-state index is 0.0173. The summed E-state index contributed by atoms with van der Waals surface area (Å²) in [6.07, 6.45) is -1.15. The minimum atomic E-state index is -4.50. The average molecular weight is 327 g/mol. The minimum Gasteiger partial charge on any atom is -0.367 e. The van der Waals surface area contributed by atoms with Gasteiger partial charge in [0, 0.05) is 17.8 Å². The number of carbonyl (C=O) groups excluding carboxylic acids is 1. The number of carbonyl (C=O) groups is 1. The molecule has 0 aliphatic heterocycles. The molecule has 2 aromatic rings. The number of hydrogen-bond acceptors (Lipinski definition) is 4. The van der Waals surface area contributed by atoms with Crippen molar-refractivity contribution in [3.63, 3.8) is 0 Å². The van der Waals surface area contributed by atoms with Gasteiger partial charge in [-0.25, -0.2) is 9.50 Å². The van der Waals surface area contributed by atoms with Gasteiger partial charge in [-0.1, -0.05) is 0 Å². The highest BCUT2D eigenvalue weighted by Crippen LogP contribution is 2.25. The van der Waals surface area contributed by atoms with E-state index in [-0.39, 0.29) is 11.2 Å². The maximum Gasteiger partial charge on any atom is 0.408 e. The van der Waals surface area contributed by atoms with E-state index in [0.29, 0.717) is 11.9 Å². The molecule has 0 aromatic carbocycles. The molecule has 1 aliphatic rings. The third-order valence-corrected chi connectivity index (χ3v) is 3.66. The van der Waals surface area contributed by atoms with Gasteiger partial charge in [0.15, 0.2) is 5.65 Å². The summed E-state index contributed by atoms with van der Waals surface area (Å²) in [7, 11) is 0. The molecular weight excluding hydrogens is 311 g/mol. The number of fused-ring (bicyclic) bond motifs is 1. The van der Waals surface area contributed by atoms with Gasteiger partial charge in [-0.2, -0.15) is 18.3 Å². The predicted octanol–water partition coefficient (Wildman–Crippen LogP) is 2.29. The van der Waals surface area contributed by atoms with Crippen LogP contribution in [0.1, 0.15) is 35.8 Å². The fraction of sp³-hybridized carbons (Fsp3) is 0.500. The topological polar surface area (TPSA) is 71.3 Å². The summed E-state index contributed by atoms with van der Waals surface area (Å²) in [6, 6.07) is 0.215. The molecule has 0 bridgehead atoms. The van der Waals surface area contributed by atoms with Crippen LogP contribution in [-0.4, -0.2) is 38.8 Å². The summed E-state index contributed by atoms with van der Waals surface area (Å²) in [6.45, 7) is 2.68. The number of aryl methyl sites for hydroxylation is 1. The first-order valence-electron chi connectivity index (χ1n) is 7.25. The van der Waals surface area contributed by atoms with Crippen molar-refractivity contribution >= 4 is 17.4 Å². The highest BCUT2D eigenvalue weighted by atomic mass is 19.4. The van der Waals surface area contributed by atoms with Gasteiger partial charge in [-0.3, -0.25) is 4.79 Å². The largest absolute Gasteiger partial charge is 0.408 e.